The van der Waals surface area contributed by atoms with Gasteiger partial charge in [0.1, 0.15) is 5.76 Å². The van der Waals surface area contributed by atoms with E-state index in [9.17, 15) is 5.11 Å². The summed E-state index contributed by atoms with van der Waals surface area (Å²) in [7, 11) is 1.65. The fraction of sp³-hybridized carbons (Fsp3) is 0.542. The number of ether oxygens (including phenoxy) is 2. The maximum atomic E-state index is 9.83. The maximum Gasteiger partial charge on any atom is 0.217 e. The summed E-state index contributed by atoms with van der Waals surface area (Å²) in [6, 6.07) is 3.97. The highest BCUT2D eigenvalue weighted by Gasteiger charge is 2.20. The molecule has 0 atom stereocenters. The number of aromatic nitrogens is 1. The van der Waals surface area contributed by atoms with Crippen LogP contribution in [0.1, 0.15) is 65.4 Å². The minimum atomic E-state index is 0.143. The number of methoxy groups -OCH3 is 1. The lowest BCUT2D eigenvalue weighted by atomic mass is 9.94. The second kappa shape index (κ2) is 14.3. The van der Waals surface area contributed by atoms with Crippen LogP contribution in [0.3, 0.4) is 0 Å². The highest BCUT2D eigenvalue weighted by atomic mass is 32.2. The predicted octanol–water partition coefficient (Wildman–Crippen LogP) is 6.99. The predicted molar refractivity (Wildman–Crippen MR) is 125 cm³/mol. The lowest BCUT2D eigenvalue weighted by Crippen LogP contribution is -2.15. The second-order valence-corrected chi connectivity index (χ2v) is 8.04. The number of allylic oxidation sites excluding steroid dienone is 2. The molecule has 2 heterocycles. The molecule has 0 aliphatic carbocycles. The number of aliphatic hydroxyl groups excluding tert-OH is 1. The van der Waals surface area contributed by atoms with Gasteiger partial charge in [-0.3, -0.25) is 0 Å². The van der Waals surface area contributed by atoms with Crippen molar-refractivity contribution in [2.45, 2.75) is 65.6 Å². The number of rotatable bonds is 8. The summed E-state index contributed by atoms with van der Waals surface area (Å²) >= 11 is 1.80. The zero-order valence-corrected chi connectivity index (χ0v) is 19.5. The molecule has 2 rings (SSSR count). The summed E-state index contributed by atoms with van der Waals surface area (Å²) in [5.41, 5.74) is 4.32. The largest absolute Gasteiger partial charge is 0.508 e. The number of nitrogens with zero attached hydrogens (tertiary/aromatic N) is 1. The number of hydrogen-bond donors (Lipinski definition) is 1. The molecule has 0 aromatic carbocycles. The number of unbranched alkanes of at least 4 members (excludes halogenated alkanes) is 1. The van der Waals surface area contributed by atoms with Gasteiger partial charge in [0.25, 0.3) is 0 Å². The summed E-state index contributed by atoms with van der Waals surface area (Å²) in [5.74, 6) is 1.61. The van der Waals surface area contributed by atoms with Gasteiger partial charge in [0.2, 0.25) is 5.88 Å². The van der Waals surface area contributed by atoms with Gasteiger partial charge < -0.3 is 14.6 Å². The normalized spacial score (nSPS) is 17.1. The summed E-state index contributed by atoms with van der Waals surface area (Å²) in [6.07, 6.45) is 7.23. The average Bonchev–Trinajstić information content (AvgIpc) is 2.76. The molecule has 29 heavy (non-hydrogen) atoms. The number of pyridine rings is 1. The molecular formula is C24H37NO3S. The zero-order valence-electron chi connectivity index (χ0n) is 18.7. The molecule has 5 heteroatoms. The Morgan fingerprint density at radius 2 is 1.97 bits per heavy atom. The van der Waals surface area contributed by atoms with Crippen LogP contribution in [0.25, 0.3) is 0 Å². The summed E-state index contributed by atoms with van der Waals surface area (Å²) in [5, 5.41) is 9.83. The molecular weight excluding hydrogens is 382 g/mol. The van der Waals surface area contributed by atoms with Crippen molar-refractivity contribution in [3.63, 3.8) is 0 Å². The SMILES string of the molecule is C=C(O)/C(C)=C1/CCOC/C1=C(/CCC)SCc1cccnc1OC.CCCC. The van der Waals surface area contributed by atoms with Gasteiger partial charge >= 0.3 is 0 Å². The topological polar surface area (TPSA) is 51.6 Å². The number of hydrogen-bond acceptors (Lipinski definition) is 5. The maximum absolute atomic E-state index is 9.83. The fourth-order valence-corrected chi connectivity index (χ4v) is 4.10. The van der Waals surface area contributed by atoms with E-state index in [1.54, 1.807) is 25.1 Å². The van der Waals surface area contributed by atoms with Gasteiger partial charge in [0.15, 0.2) is 0 Å². The van der Waals surface area contributed by atoms with Crippen molar-refractivity contribution in [2.75, 3.05) is 20.3 Å². The Balaban J connectivity index is 0.000000960. The molecule has 1 N–H and O–H groups in total. The third kappa shape index (κ3) is 8.27. The molecule has 0 saturated carbocycles. The molecule has 162 valence electrons. The molecule has 0 unspecified atom stereocenters. The van der Waals surface area contributed by atoms with Crippen LogP contribution < -0.4 is 4.74 Å². The van der Waals surface area contributed by atoms with E-state index in [0.29, 0.717) is 19.1 Å². The molecule has 1 aromatic rings. The fourth-order valence-electron chi connectivity index (χ4n) is 2.84. The highest BCUT2D eigenvalue weighted by molar-refractivity contribution is 8.02. The van der Waals surface area contributed by atoms with Gasteiger partial charge in [-0.25, -0.2) is 4.98 Å². The van der Waals surface area contributed by atoms with Crippen molar-refractivity contribution < 1.29 is 14.6 Å². The third-order valence-corrected chi connectivity index (χ3v) is 6.01. The van der Waals surface area contributed by atoms with Crippen LogP contribution in [-0.4, -0.2) is 30.4 Å². The first-order valence-electron chi connectivity index (χ1n) is 10.5. The van der Waals surface area contributed by atoms with Gasteiger partial charge in [0, 0.05) is 17.5 Å². The van der Waals surface area contributed by atoms with Crippen LogP contribution in [0, 0.1) is 0 Å². The minimum absolute atomic E-state index is 0.143. The van der Waals surface area contributed by atoms with Gasteiger partial charge in [-0.2, -0.15) is 0 Å². The van der Waals surface area contributed by atoms with E-state index in [2.05, 4.69) is 32.3 Å². The van der Waals surface area contributed by atoms with E-state index in [0.717, 1.165) is 36.2 Å². The van der Waals surface area contributed by atoms with E-state index in [1.807, 2.05) is 19.1 Å². The van der Waals surface area contributed by atoms with E-state index in [4.69, 9.17) is 9.47 Å². The molecule has 4 nitrogen and oxygen atoms in total. The van der Waals surface area contributed by atoms with Crippen molar-refractivity contribution in [3.8, 4) is 5.88 Å². The van der Waals surface area contributed by atoms with Crippen LogP contribution in [-0.2, 0) is 10.5 Å². The van der Waals surface area contributed by atoms with Crippen LogP contribution >= 0.6 is 11.8 Å². The van der Waals surface area contributed by atoms with Gasteiger partial charge in [-0.15, -0.1) is 11.8 Å². The van der Waals surface area contributed by atoms with Crippen molar-refractivity contribution in [1.82, 2.24) is 4.98 Å². The molecule has 0 radical (unpaired) electrons. The standard InChI is InChI=1S/C20H27NO3S.C4H10/c1-5-7-19(25-13-16-8-6-10-21-20(16)23-4)18-12-24-11-9-17(18)14(2)15(3)22;1-3-4-2/h6,8,10,22H,3,5,7,9,11-13H2,1-2,4H3;3-4H2,1-2H3/b17-14-,19-18+;. The first-order valence-corrected chi connectivity index (χ1v) is 11.5. The number of aliphatic hydroxyl groups is 1. The van der Waals surface area contributed by atoms with E-state index in [-0.39, 0.29) is 5.76 Å². The zero-order chi connectivity index (χ0) is 21.6. The lowest BCUT2D eigenvalue weighted by Gasteiger charge is -2.25. The first-order chi connectivity index (χ1) is 14.0. The Morgan fingerprint density at radius 1 is 1.24 bits per heavy atom. The van der Waals surface area contributed by atoms with E-state index in [1.165, 1.54) is 28.9 Å². The Kier molecular flexibility index (Phi) is 12.5. The van der Waals surface area contributed by atoms with Crippen molar-refractivity contribution in [1.29, 1.82) is 0 Å². The second-order valence-electron chi connectivity index (χ2n) is 6.97. The minimum Gasteiger partial charge on any atom is -0.508 e. The molecule has 1 aliphatic rings. The molecule has 0 bridgehead atoms. The van der Waals surface area contributed by atoms with Crippen molar-refractivity contribution in [3.05, 3.63) is 57.9 Å². The monoisotopic (exact) mass is 419 g/mol. The van der Waals surface area contributed by atoms with Crippen LogP contribution in [0.4, 0.5) is 0 Å². The van der Waals surface area contributed by atoms with Crippen LogP contribution in [0.2, 0.25) is 0 Å². The molecule has 1 fully saturated rings. The quantitative estimate of drug-likeness (QED) is 0.460. The molecule has 1 aromatic heterocycles. The summed E-state index contributed by atoms with van der Waals surface area (Å²) in [4.78, 5) is 5.58. The Bertz CT molecular complexity index is 708. The van der Waals surface area contributed by atoms with Crippen LogP contribution in [0.5, 0.6) is 5.88 Å². The van der Waals surface area contributed by atoms with E-state index < -0.39 is 0 Å². The average molecular weight is 420 g/mol. The van der Waals surface area contributed by atoms with Crippen molar-refractivity contribution >= 4 is 11.8 Å². The van der Waals surface area contributed by atoms with Crippen molar-refractivity contribution in [2.24, 2.45) is 0 Å². The van der Waals surface area contributed by atoms with Crippen LogP contribution in [0.15, 0.2) is 52.3 Å². The highest BCUT2D eigenvalue weighted by Crippen LogP contribution is 2.37. The summed E-state index contributed by atoms with van der Waals surface area (Å²) < 4.78 is 11.1. The smallest absolute Gasteiger partial charge is 0.217 e. The van der Waals surface area contributed by atoms with Gasteiger partial charge in [0.05, 0.1) is 20.3 Å². The Hall–Kier alpha value is -1.72. The molecule has 1 aliphatic heterocycles. The summed E-state index contributed by atoms with van der Waals surface area (Å²) in [6.45, 7) is 13.4. The molecule has 0 amide bonds. The Labute approximate surface area is 181 Å². The molecule has 0 spiro atoms. The lowest BCUT2D eigenvalue weighted by molar-refractivity contribution is 0.145. The Morgan fingerprint density at radius 3 is 2.55 bits per heavy atom. The first kappa shape index (κ1) is 25.3. The third-order valence-electron chi connectivity index (χ3n) is 4.75. The van der Waals surface area contributed by atoms with Gasteiger partial charge in [-0.05, 0) is 47.5 Å². The number of thioether (sulfide) groups is 1. The molecule has 1 saturated heterocycles. The van der Waals surface area contributed by atoms with E-state index >= 15 is 0 Å². The van der Waals surface area contributed by atoms with Gasteiger partial charge in [-0.1, -0.05) is 52.7 Å².